The Bertz CT molecular complexity index is 755. The number of β-lactam (4-membered cyclic amide) rings is 1. The molecule has 1 aliphatic heterocycles. The first-order valence-electron chi connectivity index (χ1n) is 8.35. The van der Waals surface area contributed by atoms with Gasteiger partial charge in [-0.2, -0.15) is 0 Å². The van der Waals surface area contributed by atoms with Gasteiger partial charge in [0.25, 0.3) is 5.91 Å². The number of carbonyl (C=O) groups is 2. The molecule has 4 heteroatoms. The maximum atomic E-state index is 13.0. The van der Waals surface area contributed by atoms with Gasteiger partial charge in [0.15, 0.2) is 0 Å². The van der Waals surface area contributed by atoms with E-state index in [0.29, 0.717) is 13.0 Å². The molecular formula is C20H22N2O2. The Morgan fingerprint density at radius 2 is 1.92 bits per heavy atom. The summed E-state index contributed by atoms with van der Waals surface area (Å²) in [6.45, 7) is 4.68. The molecule has 1 atom stereocenters. The summed E-state index contributed by atoms with van der Waals surface area (Å²) in [7, 11) is 0. The van der Waals surface area contributed by atoms with Gasteiger partial charge >= 0.3 is 0 Å². The third-order valence-corrected chi connectivity index (χ3v) is 4.55. The van der Waals surface area contributed by atoms with Crippen molar-refractivity contribution in [3.8, 4) is 0 Å². The molecule has 0 aliphatic carbocycles. The fourth-order valence-electron chi connectivity index (χ4n) is 3.11. The standard InChI is InChI=1S/C20H22N2O2/c1-3-15-11-7-8-14(2)18(15)21-20(24)19(22-13-12-17(22)23)16-9-5-4-6-10-16/h4-11,19H,3,12-13H2,1-2H3,(H,21,24)/t19-/m0/s1. The van der Waals surface area contributed by atoms with Gasteiger partial charge in [0, 0.05) is 18.7 Å². The lowest BCUT2D eigenvalue weighted by Crippen LogP contribution is -2.49. The zero-order valence-electron chi connectivity index (χ0n) is 14.1. The molecule has 0 spiro atoms. The van der Waals surface area contributed by atoms with Gasteiger partial charge < -0.3 is 10.2 Å². The predicted octanol–water partition coefficient (Wildman–Crippen LogP) is 3.47. The average molecular weight is 322 g/mol. The van der Waals surface area contributed by atoms with Gasteiger partial charge in [0.2, 0.25) is 5.91 Å². The van der Waals surface area contributed by atoms with E-state index in [-0.39, 0.29) is 11.8 Å². The number of likely N-dealkylation sites (tertiary alicyclic amines) is 1. The van der Waals surface area contributed by atoms with Crippen molar-refractivity contribution in [2.24, 2.45) is 0 Å². The van der Waals surface area contributed by atoms with Gasteiger partial charge in [-0.1, -0.05) is 55.5 Å². The molecule has 2 aromatic rings. The van der Waals surface area contributed by atoms with Crippen molar-refractivity contribution >= 4 is 17.5 Å². The third-order valence-electron chi connectivity index (χ3n) is 4.55. The molecule has 0 saturated carbocycles. The molecule has 3 rings (SSSR count). The summed E-state index contributed by atoms with van der Waals surface area (Å²) in [4.78, 5) is 26.6. The molecule has 1 N–H and O–H groups in total. The first-order chi connectivity index (χ1) is 11.6. The van der Waals surface area contributed by atoms with Crippen molar-refractivity contribution in [3.05, 3.63) is 65.2 Å². The smallest absolute Gasteiger partial charge is 0.251 e. The highest BCUT2D eigenvalue weighted by atomic mass is 16.2. The van der Waals surface area contributed by atoms with Crippen LogP contribution in [-0.4, -0.2) is 23.3 Å². The Morgan fingerprint density at radius 3 is 2.50 bits per heavy atom. The maximum absolute atomic E-state index is 13.0. The highest BCUT2D eigenvalue weighted by Gasteiger charge is 2.36. The van der Waals surface area contributed by atoms with Crippen LogP contribution in [0.15, 0.2) is 48.5 Å². The Hall–Kier alpha value is -2.62. The summed E-state index contributed by atoms with van der Waals surface area (Å²) in [5.74, 6) is -0.127. The lowest BCUT2D eigenvalue weighted by molar-refractivity contribution is -0.147. The molecule has 2 aromatic carbocycles. The van der Waals surface area contributed by atoms with Crippen molar-refractivity contribution in [2.45, 2.75) is 32.7 Å². The van der Waals surface area contributed by atoms with E-state index in [9.17, 15) is 9.59 Å². The van der Waals surface area contributed by atoms with Crippen molar-refractivity contribution < 1.29 is 9.59 Å². The van der Waals surface area contributed by atoms with Crippen molar-refractivity contribution in [1.82, 2.24) is 4.90 Å². The molecule has 0 radical (unpaired) electrons. The van der Waals surface area contributed by atoms with E-state index < -0.39 is 6.04 Å². The number of carbonyl (C=O) groups excluding carboxylic acids is 2. The summed E-state index contributed by atoms with van der Waals surface area (Å²) in [6.07, 6.45) is 1.36. The minimum absolute atomic E-state index is 0.0273. The highest BCUT2D eigenvalue weighted by molar-refractivity contribution is 5.99. The number of hydrogen-bond acceptors (Lipinski definition) is 2. The van der Waals surface area contributed by atoms with Crippen LogP contribution in [0.3, 0.4) is 0 Å². The van der Waals surface area contributed by atoms with Gasteiger partial charge in [0.1, 0.15) is 6.04 Å². The lowest BCUT2D eigenvalue weighted by Gasteiger charge is -2.37. The summed E-state index contributed by atoms with van der Waals surface area (Å²) in [5, 5.41) is 3.07. The largest absolute Gasteiger partial charge is 0.326 e. The van der Waals surface area contributed by atoms with E-state index >= 15 is 0 Å². The minimum Gasteiger partial charge on any atom is -0.326 e. The monoisotopic (exact) mass is 322 g/mol. The summed E-state index contributed by atoms with van der Waals surface area (Å²) < 4.78 is 0. The minimum atomic E-state index is -0.572. The second-order valence-electron chi connectivity index (χ2n) is 6.10. The summed E-state index contributed by atoms with van der Waals surface area (Å²) in [5.41, 5.74) is 3.84. The van der Waals surface area contributed by atoms with E-state index in [4.69, 9.17) is 0 Å². The number of benzene rings is 2. The molecule has 0 unspecified atom stereocenters. The molecule has 4 nitrogen and oxygen atoms in total. The van der Waals surface area contributed by atoms with Crippen LogP contribution in [0, 0.1) is 6.92 Å². The number of anilines is 1. The highest BCUT2D eigenvalue weighted by Crippen LogP contribution is 2.29. The molecule has 1 heterocycles. The van der Waals surface area contributed by atoms with E-state index in [2.05, 4.69) is 12.2 Å². The summed E-state index contributed by atoms with van der Waals surface area (Å²) >= 11 is 0. The van der Waals surface area contributed by atoms with Gasteiger partial charge in [0.05, 0.1) is 0 Å². The summed E-state index contributed by atoms with van der Waals surface area (Å²) in [6, 6.07) is 14.9. The Labute approximate surface area is 142 Å². The third kappa shape index (κ3) is 3.04. The van der Waals surface area contributed by atoms with Gasteiger partial charge in [-0.05, 0) is 30.0 Å². The molecule has 1 saturated heterocycles. The molecule has 0 aromatic heterocycles. The van der Waals surface area contributed by atoms with E-state index in [1.54, 1.807) is 4.90 Å². The van der Waals surface area contributed by atoms with E-state index in [1.807, 2.05) is 55.5 Å². The predicted molar refractivity (Wildman–Crippen MR) is 94.7 cm³/mol. The fourth-order valence-corrected chi connectivity index (χ4v) is 3.11. The second-order valence-corrected chi connectivity index (χ2v) is 6.10. The van der Waals surface area contributed by atoms with Crippen LogP contribution in [0.5, 0.6) is 0 Å². The number of aryl methyl sites for hydroxylation is 2. The van der Waals surface area contributed by atoms with E-state index in [1.165, 1.54) is 0 Å². The van der Waals surface area contributed by atoms with Gasteiger partial charge in [-0.15, -0.1) is 0 Å². The first kappa shape index (κ1) is 16.2. The van der Waals surface area contributed by atoms with Gasteiger partial charge in [-0.25, -0.2) is 0 Å². The molecular weight excluding hydrogens is 300 g/mol. The number of nitrogens with one attached hydrogen (secondary N) is 1. The van der Waals surface area contributed by atoms with E-state index in [0.717, 1.165) is 28.8 Å². The van der Waals surface area contributed by atoms with Crippen LogP contribution < -0.4 is 5.32 Å². The van der Waals surface area contributed by atoms with Crippen LogP contribution in [0.1, 0.15) is 36.1 Å². The quantitative estimate of drug-likeness (QED) is 0.857. The zero-order valence-corrected chi connectivity index (χ0v) is 14.1. The van der Waals surface area contributed by atoms with Crippen molar-refractivity contribution in [2.75, 3.05) is 11.9 Å². The van der Waals surface area contributed by atoms with Crippen LogP contribution in [0.2, 0.25) is 0 Å². The number of hydrogen-bond donors (Lipinski definition) is 1. The van der Waals surface area contributed by atoms with Crippen LogP contribution >= 0.6 is 0 Å². The van der Waals surface area contributed by atoms with Crippen LogP contribution in [-0.2, 0) is 16.0 Å². The zero-order chi connectivity index (χ0) is 17.1. The number of rotatable bonds is 5. The second kappa shape index (κ2) is 6.87. The topological polar surface area (TPSA) is 49.4 Å². The molecule has 24 heavy (non-hydrogen) atoms. The average Bonchev–Trinajstić information content (AvgIpc) is 2.60. The van der Waals surface area contributed by atoms with Gasteiger partial charge in [-0.3, -0.25) is 9.59 Å². The Kier molecular flexibility index (Phi) is 4.65. The van der Waals surface area contributed by atoms with Crippen LogP contribution in [0.4, 0.5) is 5.69 Å². The molecule has 2 amide bonds. The lowest BCUT2D eigenvalue weighted by atomic mass is 9.99. The van der Waals surface area contributed by atoms with Crippen molar-refractivity contribution in [1.29, 1.82) is 0 Å². The number of para-hydroxylation sites is 1. The molecule has 1 aliphatic rings. The van der Waals surface area contributed by atoms with Crippen LogP contribution in [0.25, 0.3) is 0 Å². The SMILES string of the molecule is CCc1cccc(C)c1NC(=O)[C@H](c1ccccc1)N1CCC1=O. The molecule has 1 fully saturated rings. The molecule has 0 bridgehead atoms. The Balaban J connectivity index is 1.92. The number of nitrogens with zero attached hydrogens (tertiary/aromatic N) is 1. The number of amides is 2. The molecule has 124 valence electrons. The normalized spacial score (nSPS) is 14.9. The maximum Gasteiger partial charge on any atom is 0.251 e. The van der Waals surface area contributed by atoms with Crippen molar-refractivity contribution in [3.63, 3.8) is 0 Å². The Morgan fingerprint density at radius 1 is 1.17 bits per heavy atom. The first-order valence-corrected chi connectivity index (χ1v) is 8.35. The fraction of sp³-hybridized carbons (Fsp3) is 0.300.